The lowest BCUT2D eigenvalue weighted by molar-refractivity contribution is -0.0143. The van der Waals surface area contributed by atoms with Gasteiger partial charge in [0, 0.05) is 13.2 Å². The van der Waals surface area contributed by atoms with Gasteiger partial charge in [0.1, 0.15) is 18.0 Å². The molecule has 0 saturated carbocycles. The number of imidazole rings is 1. The summed E-state index contributed by atoms with van der Waals surface area (Å²) in [5, 5.41) is 0. The summed E-state index contributed by atoms with van der Waals surface area (Å²) < 4.78 is 37.1. The Hall–Kier alpha value is -1.78. The van der Waals surface area contributed by atoms with Gasteiger partial charge in [-0.15, -0.1) is 0 Å². The molecule has 3 heterocycles. The van der Waals surface area contributed by atoms with Crippen molar-refractivity contribution in [2.75, 3.05) is 44.2 Å². The van der Waals surface area contributed by atoms with Gasteiger partial charge in [-0.1, -0.05) is 90.4 Å². The maximum Gasteiger partial charge on any atom is 0.356 e. The lowest BCUT2D eigenvalue weighted by atomic mass is 10.0. The summed E-state index contributed by atoms with van der Waals surface area (Å²) in [7, 11) is -3.27. The molecule has 1 fully saturated rings. The number of fused-ring (bicyclic) bond motifs is 1. The normalized spacial score (nSPS) is 19.5. The van der Waals surface area contributed by atoms with Gasteiger partial charge in [0.05, 0.1) is 26.1 Å². The molecule has 1 aliphatic heterocycles. The highest BCUT2D eigenvalue weighted by Gasteiger charge is 2.33. The molecule has 1 aliphatic rings. The molecular weight excluding hydrogens is 531 g/mol. The SMILES string of the molecule is CCCCCCCCCCCCCCCCOCCCOP1(=O)CO[C@@H](Cn2cnc3c(N)nc(N)nc32)CO1. The van der Waals surface area contributed by atoms with Crippen LogP contribution < -0.4 is 11.5 Å². The van der Waals surface area contributed by atoms with E-state index in [-0.39, 0.29) is 30.8 Å². The fourth-order valence-corrected chi connectivity index (χ4v) is 6.28. The Bertz CT molecular complexity index is 1010. The van der Waals surface area contributed by atoms with Gasteiger partial charge in [-0.25, -0.2) is 4.98 Å². The molecule has 0 aliphatic carbocycles. The summed E-state index contributed by atoms with van der Waals surface area (Å²) in [4.78, 5) is 12.4. The monoisotopic (exact) mass is 582 g/mol. The number of hydrogen-bond donors (Lipinski definition) is 2. The third kappa shape index (κ3) is 12.0. The van der Waals surface area contributed by atoms with Gasteiger partial charge in [0.25, 0.3) is 0 Å². The van der Waals surface area contributed by atoms with Crippen LogP contribution in [-0.2, 0) is 29.6 Å². The average molecular weight is 583 g/mol. The van der Waals surface area contributed by atoms with Crippen LogP contribution in [0.15, 0.2) is 6.33 Å². The predicted molar refractivity (Wildman–Crippen MR) is 159 cm³/mol. The van der Waals surface area contributed by atoms with Gasteiger partial charge in [0.2, 0.25) is 5.95 Å². The molecule has 11 nitrogen and oxygen atoms in total. The zero-order chi connectivity index (χ0) is 28.5. The summed E-state index contributed by atoms with van der Waals surface area (Å²) in [6.45, 7) is 4.48. The second-order valence-corrected chi connectivity index (χ2v) is 12.8. The van der Waals surface area contributed by atoms with Crippen LogP contribution in [0.5, 0.6) is 0 Å². The topological polar surface area (TPSA) is 150 Å². The van der Waals surface area contributed by atoms with Gasteiger partial charge >= 0.3 is 7.60 Å². The van der Waals surface area contributed by atoms with E-state index in [1.165, 1.54) is 83.5 Å². The number of rotatable bonds is 22. The molecular formula is C28H51N6O5P. The average Bonchev–Trinajstić information content (AvgIpc) is 3.34. The minimum Gasteiger partial charge on any atom is -0.382 e. The molecule has 4 N–H and O–H groups in total. The van der Waals surface area contributed by atoms with E-state index >= 15 is 0 Å². The van der Waals surface area contributed by atoms with Crippen LogP contribution in [0.3, 0.4) is 0 Å². The minimum absolute atomic E-state index is 0.0778. The van der Waals surface area contributed by atoms with Gasteiger partial charge in [0.15, 0.2) is 11.5 Å². The first-order chi connectivity index (χ1) is 19.5. The zero-order valence-electron chi connectivity index (χ0n) is 24.4. The molecule has 40 heavy (non-hydrogen) atoms. The molecule has 1 unspecified atom stereocenters. The van der Waals surface area contributed by atoms with Crippen molar-refractivity contribution >= 4 is 30.5 Å². The number of hydrogen-bond acceptors (Lipinski definition) is 10. The Labute approximate surface area is 239 Å². The van der Waals surface area contributed by atoms with Crippen molar-refractivity contribution in [2.45, 2.75) is 116 Å². The maximum atomic E-state index is 12.8. The molecule has 228 valence electrons. The molecule has 0 amide bonds. The first kappa shape index (κ1) is 32.7. The number of anilines is 2. The van der Waals surface area contributed by atoms with Crippen molar-refractivity contribution in [3.63, 3.8) is 0 Å². The summed E-state index contributed by atoms with van der Waals surface area (Å²) in [5.74, 6) is 0.303. The quantitative estimate of drug-likeness (QED) is 0.117. The van der Waals surface area contributed by atoms with Crippen LogP contribution in [-0.4, -0.2) is 58.4 Å². The van der Waals surface area contributed by atoms with Crippen molar-refractivity contribution < 1.29 is 23.1 Å². The van der Waals surface area contributed by atoms with Gasteiger partial charge < -0.3 is 34.6 Å². The molecule has 3 rings (SSSR count). The number of nitrogens with zero attached hydrogens (tertiary/aromatic N) is 4. The molecule has 1 saturated heterocycles. The van der Waals surface area contributed by atoms with E-state index in [0.717, 1.165) is 13.0 Å². The Kier molecular flexibility index (Phi) is 15.2. The Morgan fingerprint density at radius 1 is 0.900 bits per heavy atom. The Balaban J connectivity index is 1.12. The van der Waals surface area contributed by atoms with Gasteiger partial charge in [-0.3, -0.25) is 4.57 Å². The van der Waals surface area contributed by atoms with Crippen molar-refractivity contribution in [3.8, 4) is 0 Å². The van der Waals surface area contributed by atoms with E-state index in [2.05, 4.69) is 21.9 Å². The first-order valence-corrected chi connectivity index (χ1v) is 17.0. The summed E-state index contributed by atoms with van der Waals surface area (Å²) in [6, 6.07) is 0. The molecule has 2 aromatic rings. The second kappa shape index (κ2) is 18.6. The van der Waals surface area contributed by atoms with Gasteiger partial charge in [-0.2, -0.15) is 9.97 Å². The van der Waals surface area contributed by atoms with Gasteiger partial charge in [-0.05, 0) is 12.8 Å². The predicted octanol–water partition coefficient (Wildman–Crippen LogP) is 6.46. The van der Waals surface area contributed by atoms with E-state index in [4.69, 9.17) is 30.0 Å². The van der Waals surface area contributed by atoms with Crippen LogP contribution in [0, 0.1) is 0 Å². The number of nitrogen functional groups attached to an aromatic ring is 2. The number of aromatic nitrogens is 4. The molecule has 2 aromatic heterocycles. The van der Waals surface area contributed by atoms with E-state index in [9.17, 15) is 4.57 Å². The summed E-state index contributed by atoms with van der Waals surface area (Å²) in [5.41, 5.74) is 12.6. The first-order valence-electron chi connectivity index (χ1n) is 15.3. The van der Waals surface area contributed by atoms with Crippen LogP contribution in [0.2, 0.25) is 0 Å². The standard InChI is InChI=1S/C28H51N6O5P/c1-2-3-4-5-6-7-8-9-10-11-12-13-14-15-17-36-18-16-19-38-40(35)23-37-24(21-39-40)20-34-22-31-25-26(29)32-28(30)33-27(25)34/h22,24H,2-21,23H2,1H3,(H4,29,30,32,33)/t24-,40?/m0/s1. The molecule has 0 bridgehead atoms. The third-order valence-corrected chi connectivity index (χ3v) is 8.78. The second-order valence-electron chi connectivity index (χ2n) is 10.8. The van der Waals surface area contributed by atoms with E-state index in [1.54, 1.807) is 10.9 Å². The highest BCUT2D eigenvalue weighted by atomic mass is 31.2. The van der Waals surface area contributed by atoms with Crippen LogP contribution >= 0.6 is 7.60 Å². The van der Waals surface area contributed by atoms with Crippen LogP contribution in [0.25, 0.3) is 11.2 Å². The Morgan fingerprint density at radius 3 is 2.15 bits per heavy atom. The van der Waals surface area contributed by atoms with E-state index in [1.807, 2.05) is 0 Å². The zero-order valence-corrected chi connectivity index (χ0v) is 25.3. The van der Waals surface area contributed by atoms with Crippen molar-refractivity contribution in [3.05, 3.63) is 6.33 Å². The van der Waals surface area contributed by atoms with E-state index < -0.39 is 7.60 Å². The van der Waals surface area contributed by atoms with Crippen molar-refractivity contribution in [1.29, 1.82) is 0 Å². The number of ether oxygens (including phenoxy) is 2. The highest BCUT2D eigenvalue weighted by Crippen LogP contribution is 2.51. The van der Waals surface area contributed by atoms with Crippen molar-refractivity contribution in [1.82, 2.24) is 19.5 Å². The minimum atomic E-state index is -3.27. The fraction of sp³-hybridized carbons (Fsp3) is 0.821. The molecule has 12 heteroatoms. The highest BCUT2D eigenvalue weighted by molar-refractivity contribution is 7.53. The molecule has 0 aromatic carbocycles. The Morgan fingerprint density at radius 2 is 1.52 bits per heavy atom. The fourth-order valence-electron chi connectivity index (χ4n) is 4.86. The maximum absolute atomic E-state index is 12.8. The largest absolute Gasteiger partial charge is 0.382 e. The van der Waals surface area contributed by atoms with E-state index in [0.29, 0.717) is 37.3 Å². The van der Waals surface area contributed by atoms with Crippen molar-refractivity contribution in [2.24, 2.45) is 0 Å². The molecule has 0 spiro atoms. The molecule has 2 atom stereocenters. The van der Waals surface area contributed by atoms with Crippen LogP contribution in [0.1, 0.15) is 103 Å². The smallest absolute Gasteiger partial charge is 0.356 e. The summed E-state index contributed by atoms with van der Waals surface area (Å²) in [6.07, 6.45) is 20.7. The number of unbranched alkanes of at least 4 members (excludes halogenated alkanes) is 13. The summed E-state index contributed by atoms with van der Waals surface area (Å²) >= 11 is 0. The molecule has 0 radical (unpaired) electrons. The number of nitrogens with two attached hydrogens (primary N) is 2. The lowest BCUT2D eigenvalue weighted by Crippen LogP contribution is -2.30. The lowest BCUT2D eigenvalue weighted by Gasteiger charge is -2.29. The third-order valence-electron chi connectivity index (χ3n) is 7.20. The van der Waals surface area contributed by atoms with Crippen LogP contribution in [0.4, 0.5) is 11.8 Å².